The summed E-state index contributed by atoms with van der Waals surface area (Å²) in [6.07, 6.45) is 1.76. The quantitative estimate of drug-likeness (QED) is 0.800. The van der Waals surface area contributed by atoms with Gasteiger partial charge in [0, 0.05) is 16.0 Å². The molecule has 5 heteroatoms. The fourth-order valence-corrected chi connectivity index (χ4v) is 2.25. The first kappa shape index (κ1) is 15.2. The summed E-state index contributed by atoms with van der Waals surface area (Å²) in [5.41, 5.74) is 0.880. The minimum Gasteiger partial charge on any atom is -0.454 e. The zero-order valence-electron chi connectivity index (χ0n) is 11.9. The number of rotatable bonds is 5. The van der Waals surface area contributed by atoms with Crippen LogP contribution in [-0.2, 0) is 6.54 Å². The lowest BCUT2D eigenvalue weighted by atomic mass is 10.2. The van der Waals surface area contributed by atoms with Gasteiger partial charge < -0.3 is 10.1 Å². The maximum Gasteiger partial charge on any atom is 0.168 e. The molecule has 106 valence electrons. The van der Waals surface area contributed by atoms with Gasteiger partial charge in [-0.1, -0.05) is 19.9 Å². The molecule has 0 aliphatic heterocycles. The second-order valence-electron chi connectivity index (χ2n) is 4.78. The van der Waals surface area contributed by atoms with Crippen molar-refractivity contribution in [3.8, 4) is 11.5 Å². The highest BCUT2D eigenvalue weighted by Gasteiger charge is 2.11. The maximum absolute atomic E-state index is 5.91. The summed E-state index contributed by atoms with van der Waals surface area (Å²) >= 11 is 2.26. The van der Waals surface area contributed by atoms with Gasteiger partial charge in [0.25, 0.3) is 0 Å². The van der Waals surface area contributed by atoms with Crippen LogP contribution in [-0.4, -0.2) is 17.0 Å². The molecule has 0 spiro atoms. The topological polar surface area (TPSA) is 47.0 Å². The van der Waals surface area contributed by atoms with Crippen LogP contribution < -0.4 is 10.1 Å². The van der Waals surface area contributed by atoms with Crippen LogP contribution in [0.15, 0.2) is 30.5 Å². The number of hydrogen-bond donors (Lipinski definition) is 1. The second-order valence-corrected chi connectivity index (χ2v) is 6.03. The lowest BCUT2D eigenvalue weighted by Gasteiger charge is -2.12. The first-order chi connectivity index (χ1) is 9.60. The van der Waals surface area contributed by atoms with Gasteiger partial charge in [0.2, 0.25) is 0 Å². The standard InChI is InChI=1S/C15H18IN3O/c1-10(2)15-18-9-14(13(19-15)8-17-3)20-12-6-4-5-11(16)7-12/h4-7,9-10,17H,8H2,1-3H3. The molecule has 2 rings (SSSR count). The van der Waals surface area contributed by atoms with Gasteiger partial charge in [-0.05, 0) is 47.8 Å². The Labute approximate surface area is 133 Å². The Hall–Kier alpha value is -1.21. The van der Waals surface area contributed by atoms with Crippen molar-refractivity contribution in [2.75, 3.05) is 7.05 Å². The maximum atomic E-state index is 5.91. The van der Waals surface area contributed by atoms with Crippen molar-refractivity contribution >= 4 is 22.6 Å². The van der Waals surface area contributed by atoms with E-state index in [4.69, 9.17) is 4.74 Å². The smallest absolute Gasteiger partial charge is 0.168 e. The SMILES string of the molecule is CNCc1nc(C(C)C)ncc1Oc1cccc(I)c1. The van der Waals surface area contributed by atoms with Gasteiger partial charge in [-0.3, -0.25) is 0 Å². The Kier molecular flexibility index (Phi) is 5.31. The number of nitrogens with zero attached hydrogens (tertiary/aromatic N) is 2. The number of aromatic nitrogens is 2. The predicted molar refractivity (Wildman–Crippen MR) is 88.1 cm³/mol. The largest absolute Gasteiger partial charge is 0.454 e. The minimum absolute atomic E-state index is 0.303. The van der Waals surface area contributed by atoms with Crippen molar-refractivity contribution in [1.29, 1.82) is 0 Å². The summed E-state index contributed by atoms with van der Waals surface area (Å²) in [6, 6.07) is 7.92. The van der Waals surface area contributed by atoms with Gasteiger partial charge >= 0.3 is 0 Å². The third kappa shape index (κ3) is 3.89. The van der Waals surface area contributed by atoms with E-state index in [9.17, 15) is 0 Å². The van der Waals surface area contributed by atoms with Crippen molar-refractivity contribution in [2.24, 2.45) is 0 Å². The van der Waals surface area contributed by atoms with E-state index in [1.165, 1.54) is 0 Å². The zero-order chi connectivity index (χ0) is 14.5. The monoisotopic (exact) mass is 383 g/mol. The molecule has 0 bridgehead atoms. The Morgan fingerprint density at radius 2 is 2.15 bits per heavy atom. The van der Waals surface area contributed by atoms with E-state index in [1.807, 2.05) is 31.3 Å². The molecule has 0 amide bonds. The van der Waals surface area contributed by atoms with Gasteiger partial charge in [-0.15, -0.1) is 0 Å². The third-order valence-corrected chi connectivity index (χ3v) is 3.40. The van der Waals surface area contributed by atoms with Crippen LogP contribution in [0.2, 0.25) is 0 Å². The Morgan fingerprint density at radius 1 is 1.35 bits per heavy atom. The van der Waals surface area contributed by atoms with Gasteiger partial charge in [-0.25, -0.2) is 9.97 Å². The molecule has 0 saturated carbocycles. The van der Waals surface area contributed by atoms with E-state index < -0.39 is 0 Å². The summed E-state index contributed by atoms with van der Waals surface area (Å²) in [5.74, 6) is 2.64. The summed E-state index contributed by atoms with van der Waals surface area (Å²) in [6.45, 7) is 4.82. The zero-order valence-corrected chi connectivity index (χ0v) is 14.0. The van der Waals surface area contributed by atoms with E-state index in [2.05, 4.69) is 51.7 Å². The summed E-state index contributed by atoms with van der Waals surface area (Å²) in [5, 5.41) is 3.12. The normalized spacial score (nSPS) is 10.8. The van der Waals surface area contributed by atoms with E-state index in [1.54, 1.807) is 6.20 Å². The summed E-state index contributed by atoms with van der Waals surface area (Å²) in [7, 11) is 1.90. The molecule has 0 atom stereocenters. The van der Waals surface area contributed by atoms with Crippen molar-refractivity contribution in [3.05, 3.63) is 45.6 Å². The molecular weight excluding hydrogens is 365 g/mol. The first-order valence-electron chi connectivity index (χ1n) is 6.54. The molecule has 1 heterocycles. The molecule has 1 aromatic carbocycles. The number of halogens is 1. The molecule has 0 fully saturated rings. The summed E-state index contributed by atoms with van der Waals surface area (Å²) < 4.78 is 7.04. The highest BCUT2D eigenvalue weighted by Crippen LogP contribution is 2.25. The second kappa shape index (κ2) is 6.99. The minimum atomic E-state index is 0.303. The highest BCUT2D eigenvalue weighted by molar-refractivity contribution is 14.1. The molecule has 1 aromatic heterocycles. The van der Waals surface area contributed by atoms with Crippen molar-refractivity contribution < 1.29 is 4.74 Å². The van der Waals surface area contributed by atoms with Crippen LogP contribution in [0.5, 0.6) is 11.5 Å². The van der Waals surface area contributed by atoms with E-state index in [0.29, 0.717) is 18.2 Å². The predicted octanol–water partition coefficient (Wildman–Crippen LogP) is 3.72. The van der Waals surface area contributed by atoms with Crippen LogP contribution in [0.25, 0.3) is 0 Å². The molecular formula is C15H18IN3O. The number of nitrogens with one attached hydrogen (secondary N) is 1. The molecule has 1 N–H and O–H groups in total. The summed E-state index contributed by atoms with van der Waals surface area (Å²) in [4.78, 5) is 8.95. The molecule has 2 aromatic rings. The molecule has 0 radical (unpaired) electrons. The highest BCUT2D eigenvalue weighted by atomic mass is 127. The lowest BCUT2D eigenvalue weighted by molar-refractivity contribution is 0.464. The van der Waals surface area contributed by atoms with Gasteiger partial charge in [0.05, 0.1) is 6.20 Å². The van der Waals surface area contributed by atoms with E-state index in [-0.39, 0.29) is 0 Å². The van der Waals surface area contributed by atoms with Crippen molar-refractivity contribution in [2.45, 2.75) is 26.3 Å². The van der Waals surface area contributed by atoms with Gasteiger partial charge in [0.15, 0.2) is 5.75 Å². The van der Waals surface area contributed by atoms with Crippen LogP contribution in [0.4, 0.5) is 0 Å². The van der Waals surface area contributed by atoms with Crippen LogP contribution >= 0.6 is 22.6 Å². The number of ether oxygens (including phenoxy) is 1. The van der Waals surface area contributed by atoms with Crippen molar-refractivity contribution in [3.63, 3.8) is 0 Å². The Bertz CT molecular complexity index is 587. The molecule has 0 unspecified atom stereocenters. The molecule has 0 aliphatic carbocycles. The fourth-order valence-electron chi connectivity index (χ4n) is 1.74. The van der Waals surface area contributed by atoms with Gasteiger partial charge in [0.1, 0.15) is 17.3 Å². The Balaban J connectivity index is 2.30. The Morgan fingerprint density at radius 3 is 2.80 bits per heavy atom. The van der Waals surface area contributed by atoms with E-state index in [0.717, 1.165) is 20.8 Å². The van der Waals surface area contributed by atoms with Crippen LogP contribution in [0.1, 0.15) is 31.3 Å². The average Bonchev–Trinajstić information content (AvgIpc) is 2.41. The average molecular weight is 383 g/mol. The van der Waals surface area contributed by atoms with Crippen LogP contribution in [0, 0.1) is 3.57 Å². The third-order valence-electron chi connectivity index (χ3n) is 2.73. The lowest BCUT2D eigenvalue weighted by Crippen LogP contribution is -2.11. The first-order valence-corrected chi connectivity index (χ1v) is 7.62. The molecule has 4 nitrogen and oxygen atoms in total. The number of benzene rings is 1. The van der Waals surface area contributed by atoms with Crippen LogP contribution in [0.3, 0.4) is 0 Å². The molecule has 0 aliphatic rings. The molecule has 0 saturated heterocycles. The number of hydrogen-bond acceptors (Lipinski definition) is 4. The van der Waals surface area contributed by atoms with Gasteiger partial charge in [-0.2, -0.15) is 0 Å². The van der Waals surface area contributed by atoms with E-state index >= 15 is 0 Å². The van der Waals surface area contributed by atoms with Crippen molar-refractivity contribution in [1.82, 2.24) is 15.3 Å². The molecule has 20 heavy (non-hydrogen) atoms. The fraction of sp³-hybridized carbons (Fsp3) is 0.333.